The number of hydrogen-bond donors (Lipinski definition) is 3. The van der Waals surface area contributed by atoms with Crippen LogP contribution in [0.5, 0.6) is 5.75 Å². The van der Waals surface area contributed by atoms with E-state index in [1.807, 2.05) is 54.7 Å². The van der Waals surface area contributed by atoms with Gasteiger partial charge in [-0.3, -0.25) is 9.78 Å². The lowest BCUT2D eigenvalue weighted by Gasteiger charge is -2.06. The molecule has 7 nitrogen and oxygen atoms in total. The number of H-pyrrole nitrogens is 2. The van der Waals surface area contributed by atoms with Crippen molar-refractivity contribution in [2.45, 2.75) is 12.8 Å². The molecular formula is C21H21N5O2. The Morgan fingerprint density at radius 1 is 1.11 bits per heavy atom. The first-order chi connectivity index (χ1) is 13.7. The maximum atomic E-state index is 12.3. The molecule has 0 aliphatic rings. The molecule has 0 saturated heterocycles. The SMILES string of the molecule is COc1ccc2c(CCNc3nnc(Cc4ccccc4)c(=O)[nH]3)c[nH]c2c1. The van der Waals surface area contributed by atoms with Crippen molar-refractivity contribution in [3.63, 3.8) is 0 Å². The summed E-state index contributed by atoms with van der Waals surface area (Å²) >= 11 is 0. The van der Waals surface area contributed by atoms with E-state index in [1.165, 1.54) is 5.56 Å². The fraction of sp³-hybridized carbons (Fsp3) is 0.190. The number of methoxy groups -OCH3 is 1. The molecule has 0 aliphatic heterocycles. The summed E-state index contributed by atoms with van der Waals surface area (Å²) in [6.07, 6.45) is 3.23. The molecule has 4 rings (SSSR count). The van der Waals surface area contributed by atoms with E-state index in [0.29, 0.717) is 24.6 Å². The molecule has 2 aromatic heterocycles. The van der Waals surface area contributed by atoms with Gasteiger partial charge in [0.1, 0.15) is 11.4 Å². The fourth-order valence-electron chi connectivity index (χ4n) is 3.16. The van der Waals surface area contributed by atoms with Crippen LogP contribution in [0, 0.1) is 0 Å². The zero-order chi connectivity index (χ0) is 19.3. The van der Waals surface area contributed by atoms with Crippen molar-refractivity contribution >= 4 is 16.9 Å². The highest BCUT2D eigenvalue weighted by molar-refractivity contribution is 5.84. The number of hydrogen-bond acceptors (Lipinski definition) is 5. The van der Waals surface area contributed by atoms with Gasteiger partial charge in [0.2, 0.25) is 5.95 Å². The van der Waals surface area contributed by atoms with Crippen molar-refractivity contribution in [2.75, 3.05) is 19.0 Å². The number of aromatic nitrogens is 4. The molecule has 0 radical (unpaired) electrons. The molecule has 7 heteroatoms. The van der Waals surface area contributed by atoms with E-state index in [1.54, 1.807) is 7.11 Å². The lowest BCUT2D eigenvalue weighted by molar-refractivity contribution is 0.415. The maximum Gasteiger partial charge on any atom is 0.274 e. The maximum absolute atomic E-state index is 12.3. The molecule has 142 valence electrons. The van der Waals surface area contributed by atoms with Crippen LogP contribution >= 0.6 is 0 Å². The Morgan fingerprint density at radius 2 is 1.96 bits per heavy atom. The van der Waals surface area contributed by atoms with Crippen LogP contribution in [0.25, 0.3) is 10.9 Å². The number of nitrogens with one attached hydrogen (secondary N) is 3. The first-order valence-corrected chi connectivity index (χ1v) is 9.10. The van der Waals surface area contributed by atoms with E-state index >= 15 is 0 Å². The van der Waals surface area contributed by atoms with Crippen molar-refractivity contribution in [1.29, 1.82) is 0 Å². The lowest BCUT2D eigenvalue weighted by atomic mass is 10.1. The number of fused-ring (bicyclic) bond motifs is 1. The van der Waals surface area contributed by atoms with Gasteiger partial charge in [0.15, 0.2) is 0 Å². The van der Waals surface area contributed by atoms with Gasteiger partial charge < -0.3 is 15.0 Å². The molecular weight excluding hydrogens is 354 g/mol. The Labute approximate surface area is 161 Å². The minimum atomic E-state index is -0.222. The number of ether oxygens (including phenoxy) is 1. The smallest absolute Gasteiger partial charge is 0.274 e. The van der Waals surface area contributed by atoms with Crippen molar-refractivity contribution in [1.82, 2.24) is 20.2 Å². The Hall–Kier alpha value is -3.61. The van der Waals surface area contributed by atoms with Crippen LogP contribution in [0.2, 0.25) is 0 Å². The lowest BCUT2D eigenvalue weighted by Crippen LogP contribution is -2.20. The summed E-state index contributed by atoms with van der Waals surface area (Å²) in [7, 11) is 1.65. The second kappa shape index (κ2) is 7.96. The van der Waals surface area contributed by atoms with Gasteiger partial charge in [-0.2, -0.15) is 0 Å². The highest BCUT2D eigenvalue weighted by Gasteiger charge is 2.07. The van der Waals surface area contributed by atoms with E-state index in [4.69, 9.17) is 4.74 Å². The first-order valence-electron chi connectivity index (χ1n) is 9.10. The normalized spacial score (nSPS) is 10.9. The van der Waals surface area contributed by atoms with Gasteiger partial charge in [-0.05, 0) is 29.7 Å². The second-order valence-corrected chi connectivity index (χ2v) is 6.51. The molecule has 0 aliphatic carbocycles. The summed E-state index contributed by atoms with van der Waals surface area (Å²) in [5.41, 5.74) is 3.43. The van der Waals surface area contributed by atoms with Crippen molar-refractivity contribution in [3.8, 4) is 5.75 Å². The predicted octanol–water partition coefficient (Wildman–Crippen LogP) is 2.90. The van der Waals surface area contributed by atoms with E-state index in [2.05, 4.69) is 25.5 Å². The van der Waals surface area contributed by atoms with E-state index in [0.717, 1.165) is 28.6 Å². The van der Waals surface area contributed by atoms with E-state index in [-0.39, 0.29) is 5.56 Å². The number of aromatic amines is 2. The standard InChI is InChI=1S/C21H21N5O2/c1-28-16-7-8-17-15(13-23-18(17)12-16)9-10-22-21-24-20(27)19(25-26-21)11-14-5-3-2-4-6-14/h2-8,12-13,23H,9-11H2,1H3,(H2,22,24,26,27). The molecule has 2 aromatic carbocycles. The van der Waals surface area contributed by atoms with Crippen LogP contribution < -0.4 is 15.6 Å². The second-order valence-electron chi connectivity index (χ2n) is 6.51. The topological polar surface area (TPSA) is 95.7 Å². The molecule has 0 fully saturated rings. The van der Waals surface area contributed by atoms with E-state index in [9.17, 15) is 4.79 Å². The van der Waals surface area contributed by atoms with E-state index < -0.39 is 0 Å². The third-order valence-electron chi connectivity index (χ3n) is 4.64. The highest BCUT2D eigenvalue weighted by Crippen LogP contribution is 2.23. The average Bonchev–Trinajstić information content (AvgIpc) is 3.13. The molecule has 0 spiro atoms. The fourth-order valence-corrected chi connectivity index (χ4v) is 3.16. The molecule has 2 heterocycles. The van der Waals surface area contributed by atoms with Gasteiger partial charge in [-0.1, -0.05) is 30.3 Å². The molecule has 0 unspecified atom stereocenters. The zero-order valence-corrected chi connectivity index (χ0v) is 15.5. The average molecular weight is 375 g/mol. The summed E-state index contributed by atoms with van der Waals surface area (Å²) in [4.78, 5) is 18.3. The van der Waals surface area contributed by atoms with Gasteiger partial charge >= 0.3 is 0 Å². The largest absolute Gasteiger partial charge is 0.497 e. The highest BCUT2D eigenvalue weighted by atomic mass is 16.5. The van der Waals surface area contributed by atoms with Crippen molar-refractivity contribution in [2.24, 2.45) is 0 Å². The first kappa shape index (κ1) is 17.8. The summed E-state index contributed by atoms with van der Waals surface area (Å²) in [5.74, 6) is 1.20. The summed E-state index contributed by atoms with van der Waals surface area (Å²) in [5, 5.41) is 12.5. The molecule has 0 atom stereocenters. The van der Waals surface area contributed by atoms with Crippen LogP contribution in [0.3, 0.4) is 0 Å². The number of rotatable bonds is 7. The Morgan fingerprint density at radius 3 is 2.75 bits per heavy atom. The number of nitrogens with zero attached hydrogens (tertiary/aromatic N) is 2. The van der Waals surface area contributed by atoms with Gasteiger partial charge in [0.05, 0.1) is 7.11 Å². The van der Waals surface area contributed by atoms with Crippen LogP contribution in [-0.4, -0.2) is 33.8 Å². The summed E-state index contributed by atoms with van der Waals surface area (Å²) in [6, 6.07) is 15.7. The minimum Gasteiger partial charge on any atom is -0.497 e. The molecule has 4 aromatic rings. The van der Waals surface area contributed by atoms with Gasteiger partial charge in [-0.25, -0.2) is 0 Å². The van der Waals surface area contributed by atoms with Crippen molar-refractivity contribution < 1.29 is 4.74 Å². The molecule has 3 N–H and O–H groups in total. The predicted molar refractivity (Wildman–Crippen MR) is 109 cm³/mol. The number of benzene rings is 2. The van der Waals surface area contributed by atoms with Crippen LogP contribution in [0.4, 0.5) is 5.95 Å². The Kier molecular flexibility index (Phi) is 5.05. The Balaban J connectivity index is 1.39. The number of anilines is 1. The molecule has 0 amide bonds. The third kappa shape index (κ3) is 3.88. The van der Waals surface area contributed by atoms with Crippen LogP contribution in [0.1, 0.15) is 16.8 Å². The van der Waals surface area contributed by atoms with Gasteiger partial charge in [0, 0.05) is 36.1 Å². The quantitative estimate of drug-likeness (QED) is 0.462. The van der Waals surface area contributed by atoms with Crippen LogP contribution in [-0.2, 0) is 12.8 Å². The Bertz CT molecular complexity index is 1130. The van der Waals surface area contributed by atoms with Gasteiger partial charge in [0.25, 0.3) is 5.56 Å². The molecule has 28 heavy (non-hydrogen) atoms. The van der Waals surface area contributed by atoms with Crippen LogP contribution in [0.15, 0.2) is 59.5 Å². The monoisotopic (exact) mass is 375 g/mol. The summed E-state index contributed by atoms with van der Waals surface area (Å²) < 4.78 is 5.25. The zero-order valence-electron chi connectivity index (χ0n) is 15.5. The molecule has 0 bridgehead atoms. The third-order valence-corrected chi connectivity index (χ3v) is 4.64. The van der Waals surface area contributed by atoms with Crippen molar-refractivity contribution in [3.05, 3.63) is 81.9 Å². The van der Waals surface area contributed by atoms with Gasteiger partial charge in [-0.15, -0.1) is 10.2 Å². The minimum absolute atomic E-state index is 0.222. The molecule has 0 saturated carbocycles. The summed E-state index contributed by atoms with van der Waals surface area (Å²) in [6.45, 7) is 0.627.